The van der Waals surface area contributed by atoms with Crippen LogP contribution in [0, 0.1) is 13.8 Å². The maximum atomic E-state index is 5.76. The fourth-order valence-electron chi connectivity index (χ4n) is 1.62. The molecule has 2 N–H and O–H groups in total. The van der Waals surface area contributed by atoms with Crippen LogP contribution >= 0.6 is 24.2 Å². The van der Waals surface area contributed by atoms with E-state index in [0.717, 1.165) is 5.69 Å². The molecule has 0 aliphatic heterocycles. The van der Waals surface area contributed by atoms with Crippen molar-refractivity contribution in [1.82, 2.24) is 0 Å². The smallest absolute Gasteiger partial charge is 0.0325 e. The summed E-state index contributed by atoms with van der Waals surface area (Å²) >= 11 is 1.76. The van der Waals surface area contributed by atoms with Gasteiger partial charge in [-0.3, -0.25) is 0 Å². The molecule has 0 aliphatic carbocycles. The molecule has 0 spiro atoms. The molecule has 0 unspecified atom stereocenters. The third-order valence-corrected chi connectivity index (χ3v) is 3.58. The highest BCUT2D eigenvalue weighted by atomic mass is 35.5. The minimum Gasteiger partial charge on any atom is -0.399 e. The van der Waals surface area contributed by atoms with E-state index in [4.69, 9.17) is 5.73 Å². The third kappa shape index (κ3) is 3.69. The van der Waals surface area contributed by atoms with Crippen molar-refractivity contribution in [3.63, 3.8) is 0 Å². The van der Waals surface area contributed by atoms with Gasteiger partial charge in [-0.1, -0.05) is 35.5 Å². The van der Waals surface area contributed by atoms with Crippen LogP contribution < -0.4 is 5.73 Å². The molecule has 0 saturated carbocycles. The SMILES string of the molecule is Cc1ccc(Sc2cccc(N)c2)c(C)c1.Cl. The van der Waals surface area contributed by atoms with Crippen LogP contribution in [0.4, 0.5) is 5.69 Å². The van der Waals surface area contributed by atoms with Gasteiger partial charge < -0.3 is 5.73 Å². The highest BCUT2D eigenvalue weighted by molar-refractivity contribution is 7.99. The maximum absolute atomic E-state index is 5.76. The van der Waals surface area contributed by atoms with Crippen LogP contribution in [0.3, 0.4) is 0 Å². The lowest BCUT2D eigenvalue weighted by atomic mass is 10.2. The first kappa shape index (κ1) is 13.9. The number of aryl methyl sites for hydroxylation is 2. The highest BCUT2D eigenvalue weighted by Crippen LogP contribution is 2.31. The first-order chi connectivity index (χ1) is 7.65. The number of benzene rings is 2. The Balaban J connectivity index is 0.00000144. The Labute approximate surface area is 113 Å². The number of nitrogen functional groups attached to an aromatic ring is 1. The number of rotatable bonds is 2. The van der Waals surface area contributed by atoms with Crippen molar-refractivity contribution in [3.05, 3.63) is 53.6 Å². The zero-order chi connectivity index (χ0) is 11.5. The van der Waals surface area contributed by atoms with E-state index < -0.39 is 0 Å². The van der Waals surface area contributed by atoms with Gasteiger partial charge in [-0.05, 0) is 43.7 Å². The fraction of sp³-hybridized carbons (Fsp3) is 0.143. The Kier molecular flexibility index (Phi) is 4.91. The summed E-state index contributed by atoms with van der Waals surface area (Å²) in [6.45, 7) is 4.25. The molecule has 0 radical (unpaired) electrons. The minimum absolute atomic E-state index is 0. The van der Waals surface area contributed by atoms with Gasteiger partial charge in [0.25, 0.3) is 0 Å². The third-order valence-electron chi connectivity index (χ3n) is 2.42. The Morgan fingerprint density at radius 3 is 2.41 bits per heavy atom. The van der Waals surface area contributed by atoms with Crippen molar-refractivity contribution >= 4 is 29.9 Å². The molecular formula is C14H16ClNS. The molecular weight excluding hydrogens is 250 g/mol. The molecule has 2 rings (SSSR count). The second kappa shape index (κ2) is 5.99. The number of anilines is 1. The number of hydrogen-bond acceptors (Lipinski definition) is 2. The minimum atomic E-state index is 0. The topological polar surface area (TPSA) is 26.0 Å². The van der Waals surface area contributed by atoms with E-state index in [1.165, 1.54) is 20.9 Å². The first-order valence-corrected chi connectivity index (χ1v) is 6.07. The predicted molar refractivity (Wildman–Crippen MR) is 78.1 cm³/mol. The summed E-state index contributed by atoms with van der Waals surface area (Å²) in [6.07, 6.45) is 0. The van der Waals surface area contributed by atoms with E-state index in [1.807, 2.05) is 18.2 Å². The van der Waals surface area contributed by atoms with Gasteiger partial charge in [-0.25, -0.2) is 0 Å². The van der Waals surface area contributed by atoms with E-state index in [1.54, 1.807) is 11.8 Å². The first-order valence-electron chi connectivity index (χ1n) is 5.26. The lowest BCUT2D eigenvalue weighted by Gasteiger charge is -2.06. The van der Waals surface area contributed by atoms with Gasteiger partial charge in [0.1, 0.15) is 0 Å². The Bertz CT molecular complexity index is 511. The largest absolute Gasteiger partial charge is 0.399 e. The second-order valence-corrected chi connectivity index (χ2v) is 5.06. The van der Waals surface area contributed by atoms with Crippen LogP contribution in [0.5, 0.6) is 0 Å². The van der Waals surface area contributed by atoms with Gasteiger partial charge >= 0.3 is 0 Å². The van der Waals surface area contributed by atoms with Crippen molar-refractivity contribution in [2.45, 2.75) is 23.6 Å². The molecule has 0 fully saturated rings. The summed E-state index contributed by atoms with van der Waals surface area (Å²) in [5, 5.41) is 0. The summed E-state index contributed by atoms with van der Waals surface area (Å²) in [4.78, 5) is 2.48. The summed E-state index contributed by atoms with van der Waals surface area (Å²) in [5.74, 6) is 0. The molecule has 0 amide bonds. The monoisotopic (exact) mass is 265 g/mol. The quantitative estimate of drug-likeness (QED) is 0.812. The van der Waals surface area contributed by atoms with Gasteiger partial charge in [0.05, 0.1) is 0 Å². The van der Waals surface area contributed by atoms with Crippen molar-refractivity contribution in [2.75, 3.05) is 5.73 Å². The average Bonchev–Trinajstić information content (AvgIpc) is 2.22. The summed E-state index contributed by atoms with van der Waals surface area (Å²) in [5.41, 5.74) is 9.19. The molecule has 0 aliphatic rings. The van der Waals surface area contributed by atoms with Gasteiger partial charge in [-0.15, -0.1) is 12.4 Å². The summed E-state index contributed by atoms with van der Waals surface area (Å²) < 4.78 is 0. The number of nitrogens with two attached hydrogens (primary N) is 1. The molecule has 3 heteroatoms. The molecule has 90 valence electrons. The maximum Gasteiger partial charge on any atom is 0.0325 e. The van der Waals surface area contributed by atoms with Crippen LogP contribution in [0.15, 0.2) is 52.3 Å². The standard InChI is InChI=1S/C14H15NS.ClH/c1-10-6-7-14(11(2)8-10)16-13-5-3-4-12(15)9-13;/h3-9H,15H2,1-2H3;1H. The molecule has 2 aromatic rings. The van der Waals surface area contributed by atoms with Gasteiger partial charge in [0.15, 0.2) is 0 Å². The van der Waals surface area contributed by atoms with E-state index >= 15 is 0 Å². The lowest BCUT2D eigenvalue weighted by Crippen LogP contribution is -1.85. The van der Waals surface area contributed by atoms with Crippen molar-refractivity contribution in [3.8, 4) is 0 Å². The lowest BCUT2D eigenvalue weighted by molar-refractivity contribution is 1.26. The summed E-state index contributed by atoms with van der Waals surface area (Å²) in [7, 11) is 0. The van der Waals surface area contributed by atoms with E-state index in [-0.39, 0.29) is 12.4 Å². The molecule has 1 nitrogen and oxygen atoms in total. The Hall–Kier alpha value is -1.12. The zero-order valence-corrected chi connectivity index (χ0v) is 11.6. The van der Waals surface area contributed by atoms with Crippen molar-refractivity contribution < 1.29 is 0 Å². The van der Waals surface area contributed by atoms with Crippen molar-refractivity contribution in [1.29, 1.82) is 0 Å². The van der Waals surface area contributed by atoms with Gasteiger partial charge in [0, 0.05) is 15.5 Å². The van der Waals surface area contributed by atoms with Crippen LogP contribution in [0.1, 0.15) is 11.1 Å². The van der Waals surface area contributed by atoms with Crippen LogP contribution in [-0.2, 0) is 0 Å². The van der Waals surface area contributed by atoms with Crippen LogP contribution in [0.25, 0.3) is 0 Å². The molecule has 0 aromatic heterocycles. The van der Waals surface area contributed by atoms with Crippen molar-refractivity contribution in [2.24, 2.45) is 0 Å². The molecule has 2 aromatic carbocycles. The fourth-order valence-corrected chi connectivity index (χ4v) is 2.57. The van der Waals surface area contributed by atoms with E-state index in [0.29, 0.717) is 0 Å². The average molecular weight is 266 g/mol. The molecule has 0 bridgehead atoms. The van der Waals surface area contributed by atoms with E-state index in [9.17, 15) is 0 Å². The number of halogens is 1. The summed E-state index contributed by atoms with van der Waals surface area (Å²) in [6, 6.07) is 14.5. The van der Waals surface area contributed by atoms with E-state index in [2.05, 4.69) is 38.1 Å². The molecule has 0 saturated heterocycles. The Morgan fingerprint density at radius 2 is 1.76 bits per heavy atom. The van der Waals surface area contributed by atoms with Gasteiger partial charge in [0.2, 0.25) is 0 Å². The highest BCUT2D eigenvalue weighted by Gasteiger charge is 2.01. The zero-order valence-electron chi connectivity index (χ0n) is 9.94. The number of hydrogen-bond donors (Lipinski definition) is 1. The molecule has 0 atom stereocenters. The Morgan fingerprint density at radius 1 is 1.00 bits per heavy atom. The molecule has 17 heavy (non-hydrogen) atoms. The normalized spacial score (nSPS) is 9.76. The van der Waals surface area contributed by atoms with Crippen LogP contribution in [-0.4, -0.2) is 0 Å². The predicted octanol–water partition coefficient (Wildman–Crippen LogP) is 4.46. The second-order valence-electron chi connectivity index (χ2n) is 3.94. The van der Waals surface area contributed by atoms with Crippen LogP contribution in [0.2, 0.25) is 0 Å². The molecule has 0 heterocycles. The van der Waals surface area contributed by atoms with Gasteiger partial charge in [-0.2, -0.15) is 0 Å².